The number of aromatic nitrogens is 1. The van der Waals surface area contributed by atoms with Gasteiger partial charge < -0.3 is 16.4 Å². The van der Waals surface area contributed by atoms with Crippen LogP contribution in [0.25, 0.3) is 0 Å². The van der Waals surface area contributed by atoms with Crippen LogP contribution >= 0.6 is 23.1 Å². The maximum atomic E-state index is 5.83. The Labute approximate surface area is 155 Å². The second-order valence-electron chi connectivity index (χ2n) is 5.94. The van der Waals surface area contributed by atoms with Crippen molar-refractivity contribution in [3.8, 4) is 0 Å². The first-order valence-corrected chi connectivity index (χ1v) is 10.8. The number of rotatable bonds is 12. The lowest BCUT2D eigenvalue weighted by Crippen LogP contribution is -2.36. The van der Waals surface area contributed by atoms with E-state index in [-0.39, 0.29) is 0 Å². The van der Waals surface area contributed by atoms with Crippen LogP contribution in [0.3, 0.4) is 0 Å². The SMILES string of the molecule is CCNCCC(SCCCN=C(N)NC(C)C)c1ncsc1CC. The Morgan fingerprint density at radius 2 is 2.21 bits per heavy atom. The molecule has 0 radical (unpaired) electrons. The van der Waals surface area contributed by atoms with E-state index in [9.17, 15) is 0 Å². The summed E-state index contributed by atoms with van der Waals surface area (Å²) in [5.74, 6) is 1.63. The molecule has 0 fully saturated rings. The fraction of sp³-hybridized carbons (Fsp3) is 0.765. The van der Waals surface area contributed by atoms with Crippen molar-refractivity contribution >= 4 is 29.1 Å². The number of aryl methyl sites for hydroxylation is 1. The molecule has 0 aliphatic carbocycles. The maximum Gasteiger partial charge on any atom is 0.188 e. The molecule has 5 nitrogen and oxygen atoms in total. The molecular formula is C17H33N5S2. The Hall–Kier alpha value is -0.790. The molecule has 7 heteroatoms. The van der Waals surface area contributed by atoms with Crippen LogP contribution in [0, 0.1) is 0 Å². The first-order chi connectivity index (χ1) is 11.6. The van der Waals surface area contributed by atoms with E-state index in [1.165, 1.54) is 10.6 Å². The summed E-state index contributed by atoms with van der Waals surface area (Å²) in [7, 11) is 0. The Morgan fingerprint density at radius 1 is 1.42 bits per heavy atom. The molecule has 0 amide bonds. The van der Waals surface area contributed by atoms with Crippen molar-refractivity contribution in [3.05, 3.63) is 16.1 Å². The number of hydrogen-bond acceptors (Lipinski definition) is 5. The van der Waals surface area contributed by atoms with Gasteiger partial charge in [0, 0.05) is 22.7 Å². The minimum Gasteiger partial charge on any atom is -0.370 e. The summed E-state index contributed by atoms with van der Waals surface area (Å²) < 4.78 is 0. The zero-order valence-corrected chi connectivity index (χ0v) is 17.1. The fourth-order valence-corrected chi connectivity index (χ4v) is 4.42. The number of guanidine groups is 1. The van der Waals surface area contributed by atoms with E-state index in [1.54, 1.807) is 11.3 Å². The monoisotopic (exact) mass is 371 g/mol. The van der Waals surface area contributed by atoms with Crippen LogP contribution in [0.15, 0.2) is 10.5 Å². The van der Waals surface area contributed by atoms with Gasteiger partial charge in [-0.05, 0) is 52.0 Å². The van der Waals surface area contributed by atoms with Crippen LogP contribution in [-0.4, -0.2) is 42.4 Å². The summed E-state index contributed by atoms with van der Waals surface area (Å²) >= 11 is 3.78. The summed E-state index contributed by atoms with van der Waals surface area (Å²) in [6, 6.07) is 0.329. The van der Waals surface area contributed by atoms with E-state index in [4.69, 9.17) is 5.73 Å². The third kappa shape index (κ3) is 8.35. The molecule has 0 saturated heterocycles. The molecule has 0 saturated carbocycles. The highest BCUT2D eigenvalue weighted by Crippen LogP contribution is 2.35. The van der Waals surface area contributed by atoms with Crippen molar-refractivity contribution in [2.45, 2.75) is 58.2 Å². The van der Waals surface area contributed by atoms with Crippen LogP contribution in [-0.2, 0) is 6.42 Å². The van der Waals surface area contributed by atoms with Crippen LogP contribution in [0.4, 0.5) is 0 Å². The molecule has 24 heavy (non-hydrogen) atoms. The Balaban J connectivity index is 2.45. The molecule has 1 heterocycles. The van der Waals surface area contributed by atoms with E-state index in [2.05, 4.69) is 48.3 Å². The summed E-state index contributed by atoms with van der Waals surface area (Å²) in [5, 5.41) is 7.02. The molecule has 1 aromatic rings. The van der Waals surface area contributed by atoms with E-state index >= 15 is 0 Å². The number of hydrogen-bond donors (Lipinski definition) is 3. The predicted octanol–water partition coefficient (Wildman–Crippen LogP) is 3.18. The van der Waals surface area contributed by atoms with E-state index in [0.717, 1.165) is 44.6 Å². The van der Waals surface area contributed by atoms with Crippen molar-refractivity contribution < 1.29 is 0 Å². The first-order valence-electron chi connectivity index (χ1n) is 8.89. The molecule has 0 aromatic carbocycles. The van der Waals surface area contributed by atoms with Gasteiger partial charge in [0.05, 0.1) is 11.2 Å². The minimum atomic E-state index is 0.329. The van der Waals surface area contributed by atoms with Gasteiger partial charge in [-0.2, -0.15) is 11.8 Å². The summed E-state index contributed by atoms with van der Waals surface area (Å²) in [6.45, 7) is 11.3. The number of thiazole rings is 1. The second-order valence-corrected chi connectivity index (χ2v) is 8.19. The normalized spacial score (nSPS) is 13.5. The van der Waals surface area contributed by atoms with Crippen LogP contribution < -0.4 is 16.4 Å². The Morgan fingerprint density at radius 3 is 2.88 bits per heavy atom. The lowest BCUT2D eigenvalue weighted by atomic mass is 10.2. The van der Waals surface area contributed by atoms with Crippen LogP contribution in [0.1, 0.15) is 56.4 Å². The van der Waals surface area contributed by atoms with Crippen molar-refractivity contribution in [1.29, 1.82) is 0 Å². The number of nitrogens with one attached hydrogen (secondary N) is 2. The number of nitrogens with zero attached hydrogens (tertiary/aromatic N) is 2. The summed E-state index contributed by atoms with van der Waals surface area (Å²) in [5.41, 5.74) is 9.10. The van der Waals surface area contributed by atoms with E-state index in [0.29, 0.717) is 17.3 Å². The lowest BCUT2D eigenvalue weighted by molar-refractivity contribution is 0.658. The second kappa shape index (κ2) is 12.6. The number of thioether (sulfide) groups is 1. The third-order valence-electron chi connectivity index (χ3n) is 3.47. The minimum absolute atomic E-state index is 0.329. The molecule has 1 rings (SSSR count). The Bertz CT molecular complexity index is 473. The fourth-order valence-electron chi connectivity index (χ4n) is 2.35. The van der Waals surface area contributed by atoms with Gasteiger partial charge in [-0.15, -0.1) is 11.3 Å². The van der Waals surface area contributed by atoms with Gasteiger partial charge in [-0.1, -0.05) is 13.8 Å². The largest absolute Gasteiger partial charge is 0.370 e. The molecule has 0 aliphatic heterocycles. The highest BCUT2D eigenvalue weighted by molar-refractivity contribution is 7.99. The molecular weight excluding hydrogens is 338 g/mol. The molecule has 0 aliphatic rings. The summed E-state index contributed by atoms with van der Waals surface area (Å²) in [4.78, 5) is 10.4. The average Bonchev–Trinajstić information content (AvgIpc) is 3.00. The number of nitrogens with two attached hydrogens (primary N) is 1. The zero-order chi connectivity index (χ0) is 17.8. The smallest absolute Gasteiger partial charge is 0.188 e. The molecule has 1 aromatic heterocycles. The van der Waals surface area contributed by atoms with Gasteiger partial charge in [0.1, 0.15) is 0 Å². The van der Waals surface area contributed by atoms with Gasteiger partial charge in [0.2, 0.25) is 0 Å². The van der Waals surface area contributed by atoms with Gasteiger partial charge in [-0.3, -0.25) is 4.99 Å². The van der Waals surface area contributed by atoms with E-state index in [1.807, 2.05) is 17.3 Å². The van der Waals surface area contributed by atoms with E-state index < -0.39 is 0 Å². The molecule has 138 valence electrons. The van der Waals surface area contributed by atoms with Gasteiger partial charge >= 0.3 is 0 Å². The molecule has 4 N–H and O–H groups in total. The maximum absolute atomic E-state index is 5.83. The topological polar surface area (TPSA) is 75.3 Å². The van der Waals surface area contributed by atoms with Crippen molar-refractivity contribution in [2.24, 2.45) is 10.7 Å². The van der Waals surface area contributed by atoms with Crippen molar-refractivity contribution in [1.82, 2.24) is 15.6 Å². The first kappa shape index (κ1) is 21.3. The van der Waals surface area contributed by atoms with Gasteiger partial charge in [-0.25, -0.2) is 4.98 Å². The molecule has 0 bridgehead atoms. The summed E-state index contributed by atoms with van der Waals surface area (Å²) in [6.07, 6.45) is 3.23. The number of aliphatic imine (C=N–C) groups is 1. The predicted molar refractivity (Wildman–Crippen MR) is 109 cm³/mol. The van der Waals surface area contributed by atoms with Crippen molar-refractivity contribution in [3.63, 3.8) is 0 Å². The molecule has 1 atom stereocenters. The Kier molecular flexibility index (Phi) is 11.1. The van der Waals surface area contributed by atoms with Gasteiger partial charge in [0.25, 0.3) is 0 Å². The highest BCUT2D eigenvalue weighted by atomic mass is 32.2. The lowest BCUT2D eigenvalue weighted by Gasteiger charge is -2.16. The highest BCUT2D eigenvalue weighted by Gasteiger charge is 2.17. The molecule has 1 unspecified atom stereocenters. The average molecular weight is 372 g/mol. The third-order valence-corrected chi connectivity index (χ3v) is 5.85. The molecule has 0 spiro atoms. The van der Waals surface area contributed by atoms with Gasteiger partial charge in [0.15, 0.2) is 5.96 Å². The van der Waals surface area contributed by atoms with Crippen molar-refractivity contribution in [2.75, 3.05) is 25.4 Å². The quantitative estimate of drug-likeness (QED) is 0.299. The van der Waals surface area contributed by atoms with Crippen LogP contribution in [0.2, 0.25) is 0 Å². The standard InChI is InChI=1S/C17H33N5S2/c1-5-14-16(21-12-24-14)15(8-10-19-6-2)23-11-7-9-20-17(18)22-13(3)4/h12-13,15,19H,5-11H2,1-4H3,(H3,18,20,22). The van der Waals surface area contributed by atoms with Crippen LogP contribution in [0.5, 0.6) is 0 Å². The zero-order valence-electron chi connectivity index (χ0n) is 15.5.